The fourth-order valence-corrected chi connectivity index (χ4v) is 4.53. The zero-order valence-corrected chi connectivity index (χ0v) is 19.1. The van der Waals surface area contributed by atoms with Crippen LogP contribution in [-0.2, 0) is 28.6 Å². The number of carbonyl (C=O) groups excluding carboxylic acids is 3. The molecule has 1 fully saturated rings. The first-order valence-corrected chi connectivity index (χ1v) is 11.0. The maximum Gasteiger partial charge on any atom is 0.303 e. The van der Waals surface area contributed by atoms with E-state index in [1.54, 1.807) is 30.6 Å². The lowest BCUT2D eigenvalue weighted by Gasteiger charge is -2.40. The molecule has 0 aliphatic carbocycles. The van der Waals surface area contributed by atoms with E-state index in [9.17, 15) is 14.4 Å². The lowest BCUT2D eigenvalue weighted by molar-refractivity contribution is -0.186. The lowest BCUT2D eigenvalue weighted by Crippen LogP contribution is -2.55. The summed E-state index contributed by atoms with van der Waals surface area (Å²) in [6.07, 6.45) is 1.83. The van der Waals surface area contributed by atoms with Crippen LogP contribution in [0.4, 0.5) is 0 Å². The Bertz CT molecular complexity index is 991. The van der Waals surface area contributed by atoms with Crippen LogP contribution >= 0.6 is 23.4 Å². The smallest absolute Gasteiger partial charge is 0.303 e. The highest BCUT2D eigenvalue weighted by Crippen LogP contribution is 2.37. The van der Waals surface area contributed by atoms with Crippen LogP contribution < -0.4 is 4.74 Å². The van der Waals surface area contributed by atoms with E-state index < -0.39 is 41.7 Å². The number of carbonyl (C=O) groups is 3. The van der Waals surface area contributed by atoms with E-state index in [4.69, 9.17) is 30.5 Å². The minimum Gasteiger partial charge on any atom is -0.474 e. The van der Waals surface area contributed by atoms with E-state index in [1.807, 2.05) is 0 Å². The topological polar surface area (TPSA) is 114 Å². The van der Waals surface area contributed by atoms with Crippen molar-refractivity contribution in [2.24, 2.45) is 0 Å². The molecule has 4 atom stereocenters. The summed E-state index contributed by atoms with van der Waals surface area (Å²) in [7, 11) is 0. The normalized spacial score (nSPS) is 22.5. The van der Waals surface area contributed by atoms with Crippen LogP contribution in [0.2, 0.25) is 5.02 Å². The first kappa shape index (κ1) is 23.8. The average Bonchev–Trinajstić information content (AvgIpc) is 2.73. The minimum atomic E-state index is -1.05. The highest BCUT2D eigenvalue weighted by Gasteiger charge is 2.47. The largest absolute Gasteiger partial charge is 0.474 e. The van der Waals surface area contributed by atoms with Gasteiger partial charge in [-0.15, -0.1) is 11.8 Å². The molecule has 11 heteroatoms. The Kier molecular flexibility index (Phi) is 7.92. The summed E-state index contributed by atoms with van der Waals surface area (Å²) in [5.74, 6) is -1.18. The number of hydrogen-bond donors (Lipinski definition) is 0. The van der Waals surface area contributed by atoms with Crippen molar-refractivity contribution in [3.8, 4) is 16.9 Å². The van der Waals surface area contributed by atoms with Crippen LogP contribution in [0, 0.1) is 0 Å². The van der Waals surface area contributed by atoms with Gasteiger partial charge in [0, 0.05) is 44.5 Å². The molecule has 32 heavy (non-hydrogen) atoms. The molecule has 0 amide bonds. The minimum absolute atomic E-state index is 0.254. The van der Waals surface area contributed by atoms with Crippen molar-refractivity contribution in [1.82, 2.24) is 9.97 Å². The Balaban J connectivity index is 1.91. The summed E-state index contributed by atoms with van der Waals surface area (Å²) in [4.78, 5) is 43.0. The molecule has 0 bridgehead atoms. The van der Waals surface area contributed by atoms with Crippen molar-refractivity contribution < 1.29 is 33.3 Å². The number of nitrogens with zero attached hydrogens (tertiary/aromatic N) is 2. The molecule has 2 aromatic rings. The quantitative estimate of drug-likeness (QED) is 0.451. The number of benzene rings is 1. The molecule has 0 radical (unpaired) electrons. The summed E-state index contributed by atoms with van der Waals surface area (Å²) < 4.78 is 22.2. The fourth-order valence-electron chi connectivity index (χ4n) is 3.16. The van der Waals surface area contributed by atoms with Gasteiger partial charge in [-0.1, -0.05) is 17.7 Å². The average molecular weight is 481 g/mol. The summed E-state index contributed by atoms with van der Waals surface area (Å²) in [5.41, 5.74) is 0.744. The molecule has 0 spiro atoms. The summed E-state index contributed by atoms with van der Waals surface area (Å²) in [5, 5.41) is 0.332. The molecule has 0 unspecified atom stereocenters. The molecule has 1 aromatic heterocycles. The maximum atomic E-state index is 11.8. The van der Waals surface area contributed by atoms with E-state index in [0.717, 1.165) is 11.1 Å². The third-order valence-corrected chi connectivity index (χ3v) is 5.90. The molecule has 1 aliphatic rings. The van der Waals surface area contributed by atoms with Crippen molar-refractivity contribution in [1.29, 1.82) is 0 Å². The predicted molar refractivity (Wildman–Crippen MR) is 116 cm³/mol. The van der Waals surface area contributed by atoms with Gasteiger partial charge >= 0.3 is 17.9 Å². The van der Waals surface area contributed by atoms with Gasteiger partial charge < -0.3 is 18.9 Å². The molecule has 1 saturated heterocycles. The van der Waals surface area contributed by atoms with Crippen molar-refractivity contribution in [3.63, 3.8) is 0 Å². The van der Waals surface area contributed by atoms with Gasteiger partial charge in [0.1, 0.15) is 12.1 Å². The molecule has 170 valence electrons. The van der Waals surface area contributed by atoms with Crippen LogP contribution in [0.5, 0.6) is 5.75 Å². The number of esters is 3. The molecule has 0 N–H and O–H groups in total. The molecule has 3 rings (SSSR count). The van der Waals surface area contributed by atoms with Gasteiger partial charge in [0.15, 0.2) is 23.7 Å². The number of halogens is 1. The van der Waals surface area contributed by atoms with E-state index in [-0.39, 0.29) is 5.75 Å². The van der Waals surface area contributed by atoms with Crippen molar-refractivity contribution in [3.05, 3.63) is 41.9 Å². The van der Waals surface area contributed by atoms with Crippen LogP contribution in [0.3, 0.4) is 0 Å². The second kappa shape index (κ2) is 10.6. The summed E-state index contributed by atoms with van der Waals surface area (Å²) in [6.45, 7) is 3.69. The van der Waals surface area contributed by atoms with Crippen LogP contribution in [-0.4, -0.2) is 57.4 Å². The number of rotatable bonds is 6. The van der Waals surface area contributed by atoms with E-state index in [1.165, 1.54) is 38.9 Å². The van der Waals surface area contributed by atoms with Gasteiger partial charge in [-0.3, -0.25) is 14.4 Å². The Morgan fingerprint density at radius 3 is 2.19 bits per heavy atom. The fraction of sp³-hybridized carbons (Fsp3) is 0.381. The number of aromatic nitrogens is 2. The Morgan fingerprint density at radius 2 is 1.56 bits per heavy atom. The second-order valence-electron chi connectivity index (χ2n) is 6.89. The second-order valence-corrected chi connectivity index (χ2v) is 8.43. The first-order chi connectivity index (χ1) is 15.2. The van der Waals surface area contributed by atoms with Crippen LogP contribution in [0.25, 0.3) is 11.1 Å². The Morgan fingerprint density at radius 1 is 0.938 bits per heavy atom. The van der Waals surface area contributed by atoms with Crippen LogP contribution in [0.15, 0.2) is 36.9 Å². The highest BCUT2D eigenvalue weighted by atomic mass is 35.5. The number of thioether (sulfide) groups is 1. The van der Waals surface area contributed by atoms with Gasteiger partial charge in [-0.2, -0.15) is 0 Å². The molecular formula is C21H21ClN2O7S. The van der Waals surface area contributed by atoms with Crippen LogP contribution in [0.1, 0.15) is 20.8 Å². The van der Waals surface area contributed by atoms with Crippen molar-refractivity contribution >= 4 is 41.3 Å². The molecule has 1 aromatic carbocycles. The molecular weight excluding hydrogens is 460 g/mol. The third kappa shape index (κ3) is 6.10. The molecule has 0 saturated carbocycles. The van der Waals surface area contributed by atoms with Gasteiger partial charge in [0.2, 0.25) is 0 Å². The third-order valence-electron chi connectivity index (χ3n) is 4.37. The highest BCUT2D eigenvalue weighted by molar-refractivity contribution is 7.99. The predicted octanol–water partition coefficient (Wildman–Crippen LogP) is 3.04. The lowest BCUT2D eigenvalue weighted by atomic mass is 10.1. The van der Waals surface area contributed by atoms with Crippen molar-refractivity contribution in [2.45, 2.75) is 44.5 Å². The molecule has 9 nitrogen and oxygen atoms in total. The van der Waals surface area contributed by atoms with Gasteiger partial charge in [0.25, 0.3) is 0 Å². The van der Waals surface area contributed by atoms with Gasteiger partial charge in [0.05, 0.1) is 5.02 Å². The van der Waals surface area contributed by atoms with Gasteiger partial charge in [-0.05, 0) is 17.7 Å². The zero-order chi connectivity index (χ0) is 23.3. The van der Waals surface area contributed by atoms with Crippen molar-refractivity contribution in [2.75, 3.05) is 5.75 Å². The number of ether oxygens (including phenoxy) is 4. The monoisotopic (exact) mass is 480 g/mol. The maximum absolute atomic E-state index is 11.8. The Hall–Kier alpha value is -2.85. The first-order valence-electron chi connectivity index (χ1n) is 9.59. The van der Waals surface area contributed by atoms with E-state index in [2.05, 4.69) is 9.97 Å². The standard InChI is InChI=1S/C21H21ClN2O7S/c1-11(25)28-18-9-32-21(20(30-13(3)27)19(18)29-12(2)26)31-17-6-14(4-5-16(17)22)15-7-23-10-24-8-15/h4-8,10,18-21H,9H2,1-3H3/t18-,19+,20-,21+/m1/s1. The molecule has 2 heterocycles. The summed E-state index contributed by atoms with van der Waals surface area (Å²) >= 11 is 7.59. The number of hydrogen-bond acceptors (Lipinski definition) is 10. The van der Waals surface area contributed by atoms with Gasteiger partial charge in [-0.25, -0.2) is 9.97 Å². The SMILES string of the molecule is CC(=O)O[C@@H]1[C@@H](OC(C)=O)[C@@H](Oc2cc(-c3cncnc3)ccc2Cl)SC[C@H]1OC(C)=O. The van der Waals surface area contributed by atoms with E-state index in [0.29, 0.717) is 10.8 Å². The Labute approximate surface area is 193 Å². The van der Waals surface area contributed by atoms with E-state index >= 15 is 0 Å². The zero-order valence-electron chi connectivity index (χ0n) is 17.5. The summed E-state index contributed by atoms with van der Waals surface area (Å²) in [6, 6.07) is 5.17. The molecule has 1 aliphatic heterocycles.